The van der Waals surface area contributed by atoms with Gasteiger partial charge in [-0.25, -0.2) is 4.79 Å². The quantitative estimate of drug-likeness (QED) is 0.728. The molecule has 0 radical (unpaired) electrons. The fraction of sp³-hybridized carbons (Fsp3) is 0.818. The predicted octanol–water partition coefficient (Wildman–Crippen LogP) is 1.40. The molecule has 2 atom stereocenters. The Kier molecular flexibility index (Phi) is 3.37. The van der Waals surface area contributed by atoms with E-state index in [-0.39, 0.29) is 5.91 Å². The third-order valence-corrected chi connectivity index (χ3v) is 3.02. The van der Waals surface area contributed by atoms with Crippen LogP contribution in [0, 0.1) is 11.8 Å². The smallest absolute Gasteiger partial charge is 0.329 e. The first kappa shape index (κ1) is 12.0. The van der Waals surface area contributed by atoms with Crippen molar-refractivity contribution < 1.29 is 14.7 Å². The van der Waals surface area contributed by atoms with Gasteiger partial charge in [-0.05, 0) is 31.1 Å². The Bertz CT molecular complexity index is 265. The summed E-state index contributed by atoms with van der Waals surface area (Å²) in [5.41, 5.74) is -1.04. The number of aliphatic carboxylic acids is 1. The lowest BCUT2D eigenvalue weighted by molar-refractivity contribution is -0.150. The van der Waals surface area contributed by atoms with Gasteiger partial charge in [-0.1, -0.05) is 13.8 Å². The molecule has 1 fully saturated rings. The van der Waals surface area contributed by atoms with E-state index in [2.05, 4.69) is 5.32 Å². The number of carboxylic acid groups (broad SMARTS) is 1. The zero-order valence-electron chi connectivity index (χ0n) is 9.54. The van der Waals surface area contributed by atoms with Crippen molar-refractivity contribution in [2.45, 2.75) is 45.6 Å². The van der Waals surface area contributed by atoms with Gasteiger partial charge in [-0.2, -0.15) is 0 Å². The third kappa shape index (κ3) is 2.70. The summed E-state index contributed by atoms with van der Waals surface area (Å²) in [6.07, 6.45) is 2.10. The lowest BCUT2D eigenvalue weighted by Gasteiger charge is -2.39. The Hall–Kier alpha value is -1.06. The Labute approximate surface area is 90.0 Å². The molecule has 0 bridgehead atoms. The summed E-state index contributed by atoms with van der Waals surface area (Å²) in [6, 6.07) is 0. The summed E-state index contributed by atoms with van der Waals surface area (Å²) in [6.45, 7) is 5.44. The van der Waals surface area contributed by atoms with Crippen molar-refractivity contribution in [2.75, 3.05) is 0 Å². The number of hydrogen-bond donors (Lipinski definition) is 2. The molecule has 4 heteroatoms. The fourth-order valence-corrected chi connectivity index (χ4v) is 2.79. The van der Waals surface area contributed by atoms with Gasteiger partial charge in [0.25, 0.3) is 0 Å². The molecule has 2 N–H and O–H groups in total. The largest absolute Gasteiger partial charge is 0.480 e. The summed E-state index contributed by atoms with van der Waals surface area (Å²) in [7, 11) is 0. The highest BCUT2D eigenvalue weighted by Crippen LogP contribution is 2.36. The van der Waals surface area contributed by atoms with Crippen molar-refractivity contribution in [3.8, 4) is 0 Å². The van der Waals surface area contributed by atoms with Crippen molar-refractivity contribution >= 4 is 11.9 Å². The van der Waals surface area contributed by atoms with Gasteiger partial charge >= 0.3 is 5.97 Å². The summed E-state index contributed by atoms with van der Waals surface area (Å²) in [4.78, 5) is 22.3. The number of carbonyl (C=O) groups excluding carboxylic acids is 1. The molecule has 1 saturated carbocycles. The molecule has 15 heavy (non-hydrogen) atoms. The Morgan fingerprint density at radius 3 is 2.07 bits per heavy atom. The molecule has 86 valence electrons. The molecule has 0 spiro atoms. The number of carbonyl (C=O) groups is 2. The maximum atomic E-state index is 11.3. The molecule has 0 aliphatic heterocycles. The van der Waals surface area contributed by atoms with Crippen molar-refractivity contribution in [3.05, 3.63) is 0 Å². The minimum atomic E-state index is -1.04. The lowest BCUT2D eigenvalue weighted by Crippen LogP contribution is -2.57. The molecule has 0 heterocycles. The van der Waals surface area contributed by atoms with Crippen LogP contribution in [0.15, 0.2) is 0 Å². The van der Waals surface area contributed by atoms with E-state index in [0.717, 1.165) is 6.42 Å². The molecule has 1 amide bonds. The third-order valence-electron chi connectivity index (χ3n) is 3.02. The van der Waals surface area contributed by atoms with Crippen LogP contribution >= 0.6 is 0 Å². The molecule has 0 saturated heterocycles. The zero-order valence-corrected chi connectivity index (χ0v) is 9.54. The molecule has 1 aliphatic carbocycles. The molecular formula is C11H19NO3. The van der Waals surface area contributed by atoms with Crippen LogP contribution in [0.4, 0.5) is 0 Å². The molecule has 1 aliphatic rings. The number of hydrogen-bond acceptors (Lipinski definition) is 2. The molecule has 1 rings (SSSR count). The van der Waals surface area contributed by atoms with Crippen LogP contribution in [-0.4, -0.2) is 22.5 Å². The summed E-state index contributed by atoms with van der Waals surface area (Å²) in [5.74, 6) is -0.483. The van der Waals surface area contributed by atoms with E-state index in [1.165, 1.54) is 6.92 Å². The van der Waals surface area contributed by atoms with Crippen molar-refractivity contribution in [1.82, 2.24) is 5.32 Å². The van der Waals surface area contributed by atoms with Crippen LogP contribution in [0.2, 0.25) is 0 Å². The average molecular weight is 213 g/mol. The van der Waals surface area contributed by atoms with E-state index in [9.17, 15) is 14.7 Å². The standard InChI is InChI=1S/C11H19NO3/c1-7-4-8(2)6-11(5-7,10(14)15)12-9(3)13/h7-8H,4-6H2,1-3H3,(H,12,13)(H,14,15). The van der Waals surface area contributed by atoms with E-state index < -0.39 is 11.5 Å². The summed E-state index contributed by atoms with van der Waals surface area (Å²) < 4.78 is 0. The molecule has 4 nitrogen and oxygen atoms in total. The van der Waals surface area contributed by atoms with Crippen LogP contribution in [-0.2, 0) is 9.59 Å². The highest BCUT2D eigenvalue weighted by atomic mass is 16.4. The van der Waals surface area contributed by atoms with Gasteiger partial charge in [0.1, 0.15) is 5.54 Å². The average Bonchev–Trinajstić information content (AvgIpc) is 1.99. The first-order valence-corrected chi connectivity index (χ1v) is 5.38. The first-order valence-electron chi connectivity index (χ1n) is 5.38. The Balaban J connectivity index is 2.89. The van der Waals surface area contributed by atoms with E-state index in [0.29, 0.717) is 24.7 Å². The monoisotopic (exact) mass is 213 g/mol. The van der Waals surface area contributed by atoms with Gasteiger partial charge in [-0.3, -0.25) is 4.79 Å². The van der Waals surface area contributed by atoms with Gasteiger partial charge in [-0.15, -0.1) is 0 Å². The maximum Gasteiger partial charge on any atom is 0.329 e. The first-order chi connectivity index (χ1) is 6.85. The topological polar surface area (TPSA) is 66.4 Å². The second kappa shape index (κ2) is 4.21. The second-order valence-electron chi connectivity index (χ2n) is 4.92. The van der Waals surface area contributed by atoms with Crippen LogP contribution in [0.25, 0.3) is 0 Å². The Morgan fingerprint density at radius 1 is 1.27 bits per heavy atom. The second-order valence-corrected chi connectivity index (χ2v) is 4.92. The minimum Gasteiger partial charge on any atom is -0.480 e. The minimum absolute atomic E-state index is 0.265. The number of carboxylic acids is 1. The molecule has 0 aromatic rings. The van der Waals surface area contributed by atoms with Crippen LogP contribution in [0.5, 0.6) is 0 Å². The van der Waals surface area contributed by atoms with Crippen molar-refractivity contribution in [1.29, 1.82) is 0 Å². The van der Waals surface area contributed by atoms with Crippen LogP contribution in [0.1, 0.15) is 40.0 Å². The molecular weight excluding hydrogens is 194 g/mol. The Morgan fingerprint density at radius 2 is 1.73 bits per heavy atom. The SMILES string of the molecule is CC(=O)NC1(C(=O)O)CC(C)CC(C)C1. The normalized spacial score (nSPS) is 35.9. The van der Waals surface area contributed by atoms with E-state index in [1.807, 2.05) is 13.8 Å². The van der Waals surface area contributed by atoms with Crippen molar-refractivity contribution in [3.63, 3.8) is 0 Å². The summed E-state index contributed by atoms with van der Waals surface area (Å²) >= 11 is 0. The number of rotatable bonds is 2. The van der Waals surface area contributed by atoms with Crippen molar-refractivity contribution in [2.24, 2.45) is 11.8 Å². The molecule has 0 aromatic heterocycles. The zero-order chi connectivity index (χ0) is 11.6. The fourth-order valence-electron chi connectivity index (χ4n) is 2.79. The van der Waals surface area contributed by atoms with E-state index >= 15 is 0 Å². The molecule has 2 unspecified atom stereocenters. The van der Waals surface area contributed by atoms with E-state index in [4.69, 9.17) is 0 Å². The lowest BCUT2D eigenvalue weighted by atomic mass is 9.71. The van der Waals surface area contributed by atoms with Gasteiger partial charge in [0.05, 0.1) is 0 Å². The molecule has 0 aromatic carbocycles. The highest BCUT2D eigenvalue weighted by Gasteiger charge is 2.44. The maximum absolute atomic E-state index is 11.3. The van der Waals surface area contributed by atoms with E-state index in [1.54, 1.807) is 0 Å². The van der Waals surface area contributed by atoms with Gasteiger partial charge in [0, 0.05) is 6.92 Å². The van der Waals surface area contributed by atoms with Gasteiger partial charge in [0.15, 0.2) is 0 Å². The van der Waals surface area contributed by atoms with Gasteiger partial charge in [0.2, 0.25) is 5.91 Å². The predicted molar refractivity (Wildman–Crippen MR) is 56.4 cm³/mol. The highest BCUT2D eigenvalue weighted by molar-refractivity contribution is 5.86. The van der Waals surface area contributed by atoms with Crippen LogP contribution < -0.4 is 5.32 Å². The number of amides is 1. The summed E-state index contributed by atoms with van der Waals surface area (Å²) in [5, 5.41) is 11.9. The van der Waals surface area contributed by atoms with Crippen LogP contribution in [0.3, 0.4) is 0 Å². The van der Waals surface area contributed by atoms with Gasteiger partial charge < -0.3 is 10.4 Å². The number of nitrogens with one attached hydrogen (secondary N) is 1.